The van der Waals surface area contributed by atoms with E-state index in [1.165, 1.54) is 18.1 Å². The number of fused-ring (bicyclic) bond motifs is 4. The number of Topliss-reactive ketones (excluding diaryl/α,β-unsaturated/α-hetero) is 1. The summed E-state index contributed by atoms with van der Waals surface area (Å²) in [6, 6.07) is 8.52. The van der Waals surface area contributed by atoms with Crippen LogP contribution in [0.4, 0.5) is 5.69 Å². The van der Waals surface area contributed by atoms with Gasteiger partial charge >= 0.3 is 5.97 Å². The zero-order chi connectivity index (χ0) is 26.9. The normalized spacial score (nSPS) is 39.3. The fourth-order valence-corrected chi connectivity index (χ4v) is 9.25. The van der Waals surface area contributed by atoms with Crippen LogP contribution in [-0.2, 0) is 23.8 Å². The maximum atomic E-state index is 13.3. The third kappa shape index (κ3) is 3.65. The number of carbonyl (C=O) groups excluding carboxylic acids is 2. The van der Waals surface area contributed by atoms with Gasteiger partial charge in [0, 0.05) is 43.8 Å². The number of hydrogen-bond donors (Lipinski definition) is 2. The van der Waals surface area contributed by atoms with Gasteiger partial charge < -0.3 is 24.6 Å². The quantitative estimate of drug-likeness (QED) is 0.429. The lowest BCUT2D eigenvalue weighted by molar-refractivity contribution is -0.209. The van der Waals surface area contributed by atoms with Crippen molar-refractivity contribution in [2.24, 2.45) is 17.3 Å². The van der Waals surface area contributed by atoms with Crippen LogP contribution in [0.5, 0.6) is 0 Å². The lowest BCUT2D eigenvalue weighted by atomic mass is 9.49. The minimum absolute atomic E-state index is 0.0285. The molecule has 0 aromatic heterocycles. The van der Waals surface area contributed by atoms with E-state index >= 15 is 0 Å². The number of anilines is 1. The van der Waals surface area contributed by atoms with Crippen molar-refractivity contribution in [1.29, 1.82) is 0 Å². The number of nitrogens with one attached hydrogen (secondary N) is 1. The SMILES string of the molecule is CNc1ccc([C@H]2C[C@@]3(C)C(CC[C@]3(OC(C)=O)C(C)=O)C3CC[C@@]4(O)CC5(CCC4=C32)OCCO5)cc1. The summed E-state index contributed by atoms with van der Waals surface area (Å²) in [7, 11) is 1.91. The Labute approximate surface area is 225 Å². The molecular weight excluding hydrogens is 482 g/mol. The summed E-state index contributed by atoms with van der Waals surface area (Å²) in [5.41, 5.74) is 2.19. The van der Waals surface area contributed by atoms with Gasteiger partial charge in [0.25, 0.3) is 0 Å². The lowest BCUT2D eigenvalue weighted by Crippen LogP contribution is -2.58. The number of esters is 1. The van der Waals surface area contributed by atoms with Crippen molar-refractivity contribution in [3.63, 3.8) is 0 Å². The average Bonchev–Trinajstić information content (AvgIpc) is 3.45. The zero-order valence-corrected chi connectivity index (χ0v) is 23.1. The second-order valence-electron chi connectivity index (χ2n) is 12.6. The van der Waals surface area contributed by atoms with Crippen molar-refractivity contribution in [1.82, 2.24) is 0 Å². The predicted molar refractivity (Wildman–Crippen MR) is 143 cm³/mol. The molecular formula is C31H41NO6. The second-order valence-corrected chi connectivity index (χ2v) is 12.6. The molecule has 0 bridgehead atoms. The van der Waals surface area contributed by atoms with Crippen molar-refractivity contribution >= 4 is 17.4 Å². The molecule has 7 heteroatoms. The van der Waals surface area contributed by atoms with E-state index in [0.29, 0.717) is 38.9 Å². The Kier molecular flexibility index (Phi) is 6.10. The highest BCUT2D eigenvalue weighted by Crippen LogP contribution is 2.68. The van der Waals surface area contributed by atoms with E-state index in [4.69, 9.17) is 14.2 Å². The molecule has 0 amide bonds. The molecule has 4 aliphatic carbocycles. The largest absolute Gasteiger partial charge is 0.451 e. The molecule has 3 saturated carbocycles. The van der Waals surface area contributed by atoms with Crippen LogP contribution >= 0.6 is 0 Å². The number of benzene rings is 1. The Morgan fingerprint density at radius 2 is 1.76 bits per heavy atom. The van der Waals surface area contributed by atoms with Crippen molar-refractivity contribution in [2.45, 2.75) is 95.0 Å². The molecule has 206 valence electrons. The highest BCUT2D eigenvalue weighted by Gasteiger charge is 2.68. The molecule has 2 N–H and O–H groups in total. The standard InChI is InChI=1S/C31H41NO6/c1-19(33)31(38-20(2)34)14-11-25-23-9-12-29(35)18-30(36-15-16-37-30)13-10-26(29)27(23)24(17-28(25,31)3)21-5-7-22(32-4)8-6-21/h5-8,23-25,32,35H,9-18H2,1-4H3/t23?,24-,25?,28+,29-,31+/m1/s1. The fourth-order valence-electron chi connectivity index (χ4n) is 9.25. The molecule has 1 heterocycles. The minimum Gasteiger partial charge on any atom is -0.451 e. The fraction of sp³-hybridized carbons (Fsp3) is 0.677. The smallest absolute Gasteiger partial charge is 0.303 e. The number of allylic oxidation sites excluding steroid dienone is 1. The summed E-state index contributed by atoms with van der Waals surface area (Å²) >= 11 is 0. The Balaban J connectivity index is 1.49. The van der Waals surface area contributed by atoms with Crippen molar-refractivity contribution < 1.29 is 28.9 Å². The molecule has 38 heavy (non-hydrogen) atoms. The van der Waals surface area contributed by atoms with Gasteiger partial charge in [-0.15, -0.1) is 0 Å². The first-order valence-electron chi connectivity index (χ1n) is 14.3. The van der Waals surface area contributed by atoms with E-state index in [9.17, 15) is 14.7 Å². The van der Waals surface area contributed by atoms with Crippen LogP contribution < -0.4 is 5.32 Å². The summed E-state index contributed by atoms with van der Waals surface area (Å²) in [6.45, 7) is 6.34. The Morgan fingerprint density at radius 3 is 2.39 bits per heavy atom. The maximum Gasteiger partial charge on any atom is 0.303 e. The molecule has 1 aliphatic heterocycles. The van der Waals surface area contributed by atoms with Gasteiger partial charge in [0.15, 0.2) is 17.2 Å². The van der Waals surface area contributed by atoms with Gasteiger partial charge in [-0.05, 0) is 80.6 Å². The molecule has 5 aliphatic rings. The Morgan fingerprint density at radius 1 is 1.05 bits per heavy atom. The molecule has 1 aromatic carbocycles. The molecule has 0 radical (unpaired) electrons. The van der Waals surface area contributed by atoms with Crippen LogP contribution in [0.15, 0.2) is 35.4 Å². The number of carbonyl (C=O) groups is 2. The van der Waals surface area contributed by atoms with Crippen molar-refractivity contribution in [2.75, 3.05) is 25.6 Å². The summed E-state index contributed by atoms with van der Waals surface area (Å²) in [5, 5.41) is 15.4. The van der Waals surface area contributed by atoms with Gasteiger partial charge in [-0.1, -0.05) is 24.6 Å². The number of ether oxygens (including phenoxy) is 3. The number of rotatable bonds is 4. The zero-order valence-electron chi connectivity index (χ0n) is 23.1. The highest BCUT2D eigenvalue weighted by atomic mass is 16.7. The van der Waals surface area contributed by atoms with Crippen LogP contribution in [0.1, 0.15) is 83.6 Å². The first kappa shape index (κ1) is 26.0. The Bertz CT molecular complexity index is 1170. The molecule has 4 fully saturated rings. The molecule has 1 spiro atoms. The molecule has 1 saturated heterocycles. The number of hydrogen-bond acceptors (Lipinski definition) is 7. The first-order chi connectivity index (χ1) is 18.1. The third-order valence-corrected chi connectivity index (χ3v) is 10.8. The third-order valence-electron chi connectivity index (χ3n) is 10.8. The average molecular weight is 524 g/mol. The number of aliphatic hydroxyl groups is 1. The minimum atomic E-state index is -1.11. The molecule has 6 atom stereocenters. The van der Waals surface area contributed by atoms with Gasteiger partial charge in [0.2, 0.25) is 0 Å². The Hall–Kier alpha value is -2.22. The van der Waals surface area contributed by atoms with Crippen molar-refractivity contribution in [3.8, 4) is 0 Å². The van der Waals surface area contributed by atoms with E-state index in [1.54, 1.807) is 6.92 Å². The maximum absolute atomic E-state index is 13.3. The van der Waals surface area contributed by atoms with E-state index < -0.39 is 28.4 Å². The molecule has 1 aromatic rings. The van der Waals surface area contributed by atoms with Crippen LogP contribution in [0.2, 0.25) is 0 Å². The molecule has 2 unspecified atom stereocenters. The van der Waals surface area contributed by atoms with Gasteiger partial charge in [-0.2, -0.15) is 0 Å². The van der Waals surface area contributed by atoms with Crippen LogP contribution in [0.25, 0.3) is 0 Å². The highest BCUT2D eigenvalue weighted by molar-refractivity contribution is 5.89. The van der Waals surface area contributed by atoms with E-state index in [1.807, 2.05) is 7.05 Å². The summed E-state index contributed by atoms with van der Waals surface area (Å²) in [6.07, 6.45) is 5.57. The number of ketones is 1. The summed E-state index contributed by atoms with van der Waals surface area (Å²) < 4.78 is 18.1. The van der Waals surface area contributed by atoms with Crippen LogP contribution in [-0.4, -0.2) is 54.1 Å². The van der Waals surface area contributed by atoms with Crippen molar-refractivity contribution in [3.05, 3.63) is 41.0 Å². The topological polar surface area (TPSA) is 94.1 Å². The second kappa shape index (κ2) is 8.90. The van der Waals surface area contributed by atoms with Gasteiger partial charge in [0.05, 0.1) is 18.8 Å². The summed E-state index contributed by atoms with van der Waals surface area (Å²) in [4.78, 5) is 25.6. The van der Waals surface area contributed by atoms with Gasteiger partial charge in [-0.25, -0.2) is 0 Å². The van der Waals surface area contributed by atoms with Crippen LogP contribution in [0, 0.1) is 17.3 Å². The van der Waals surface area contributed by atoms with E-state index in [0.717, 1.165) is 36.9 Å². The summed E-state index contributed by atoms with van der Waals surface area (Å²) in [5.74, 6) is -0.657. The van der Waals surface area contributed by atoms with E-state index in [2.05, 4.69) is 36.5 Å². The van der Waals surface area contributed by atoms with E-state index in [-0.39, 0.29) is 23.5 Å². The first-order valence-corrected chi connectivity index (χ1v) is 14.3. The monoisotopic (exact) mass is 523 g/mol. The van der Waals surface area contributed by atoms with Crippen LogP contribution in [0.3, 0.4) is 0 Å². The van der Waals surface area contributed by atoms with Gasteiger partial charge in [-0.3, -0.25) is 9.59 Å². The predicted octanol–water partition coefficient (Wildman–Crippen LogP) is 4.89. The lowest BCUT2D eigenvalue weighted by Gasteiger charge is -2.57. The molecule has 7 nitrogen and oxygen atoms in total. The molecule has 6 rings (SSSR count). The van der Waals surface area contributed by atoms with Gasteiger partial charge in [0.1, 0.15) is 0 Å².